The van der Waals surface area contributed by atoms with Gasteiger partial charge in [0.05, 0.1) is 21.7 Å². The molecule has 2 saturated carbocycles. The first kappa shape index (κ1) is 51.0. The topological polar surface area (TPSA) is 149 Å². The predicted octanol–water partition coefficient (Wildman–Crippen LogP) is 13.1. The quantitative estimate of drug-likeness (QED) is 0.0548. The van der Waals surface area contributed by atoms with Gasteiger partial charge in [-0.15, -0.1) is 0 Å². The van der Waals surface area contributed by atoms with E-state index in [1.165, 1.54) is 55.6 Å². The van der Waals surface area contributed by atoms with Crippen molar-refractivity contribution in [2.24, 2.45) is 21.7 Å². The molecule has 0 spiro atoms. The van der Waals surface area contributed by atoms with Gasteiger partial charge in [0.25, 0.3) is 0 Å². The van der Waals surface area contributed by atoms with E-state index in [-0.39, 0.29) is 0 Å². The van der Waals surface area contributed by atoms with Gasteiger partial charge in [0.2, 0.25) is 0 Å². The molecular formula is C54H82O8. The first-order valence-corrected chi connectivity index (χ1v) is 24.3. The molecule has 0 amide bonds. The second-order valence-corrected chi connectivity index (χ2v) is 21.1. The van der Waals surface area contributed by atoms with E-state index in [2.05, 4.69) is 39.8 Å². The molecule has 2 fully saturated rings. The lowest BCUT2D eigenvalue weighted by Crippen LogP contribution is -2.23. The molecular weight excluding hydrogens is 777 g/mol. The largest absolute Gasteiger partial charge is 0.481 e. The maximum Gasteiger partial charge on any atom is 0.309 e. The Kier molecular flexibility index (Phi) is 18.3. The second kappa shape index (κ2) is 22.3. The fourth-order valence-electron chi connectivity index (χ4n) is 9.90. The summed E-state index contributed by atoms with van der Waals surface area (Å²) in [7, 11) is 0. The second-order valence-electron chi connectivity index (χ2n) is 21.1. The van der Waals surface area contributed by atoms with Crippen LogP contribution < -0.4 is 0 Å². The van der Waals surface area contributed by atoms with E-state index in [9.17, 15) is 39.6 Å². The van der Waals surface area contributed by atoms with Crippen LogP contribution in [-0.2, 0) is 57.7 Å². The molecule has 0 unspecified atom stereocenters. The van der Waals surface area contributed by atoms with Crippen LogP contribution in [0.1, 0.15) is 212 Å². The summed E-state index contributed by atoms with van der Waals surface area (Å²) in [6.07, 6.45) is 23.6. The van der Waals surface area contributed by atoms with Gasteiger partial charge in [-0.2, -0.15) is 0 Å². The molecule has 8 heteroatoms. The van der Waals surface area contributed by atoms with Crippen LogP contribution in [-0.4, -0.2) is 44.3 Å². The predicted molar refractivity (Wildman–Crippen MR) is 249 cm³/mol. The number of hydrogen-bond donors (Lipinski definition) is 4. The van der Waals surface area contributed by atoms with Crippen LogP contribution in [0.5, 0.6) is 0 Å². The van der Waals surface area contributed by atoms with Gasteiger partial charge in [0.1, 0.15) is 0 Å². The lowest BCUT2D eigenvalue weighted by atomic mass is 9.82. The molecule has 2 aromatic rings. The van der Waals surface area contributed by atoms with Gasteiger partial charge >= 0.3 is 23.9 Å². The third-order valence-electron chi connectivity index (χ3n) is 15.5. The minimum absolute atomic E-state index is 0.469. The Morgan fingerprint density at radius 2 is 0.855 bits per heavy atom. The van der Waals surface area contributed by atoms with Gasteiger partial charge in [-0.1, -0.05) is 63.5 Å². The molecule has 2 aliphatic carbocycles. The van der Waals surface area contributed by atoms with Gasteiger partial charge in [-0.05, 0) is 227 Å². The van der Waals surface area contributed by atoms with Crippen LogP contribution in [0.4, 0.5) is 0 Å². The lowest BCUT2D eigenvalue weighted by Gasteiger charge is -2.23. The summed E-state index contributed by atoms with van der Waals surface area (Å²) in [6.45, 7) is 16.3. The fourth-order valence-corrected chi connectivity index (χ4v) is 9.90. The third kappa shape index (κ3) is 13.9. The zero-order chi connectivity index (χ0) is 45.9. The molecule has 4 rings (SSSR count). The molecule has 0 saturated heterocycles. The summed E-state index contributed by atoms with van der Waals surface area (Å²) >= 11 is 0. The number of benzene rings is 2. The maximum absolute atomic E-state index is 11.8. The van der Waals surface area contributed by atoms with Crippen molar-refractivity contribution >= 4 is 23.9 Å². The van der Waals surface area contributed by atoms with Crippen molar-refractivity contribution in [2.75, 3.05) is 0 Å². The van der Waals surface area contributed by atoms with Crippen LogP contribution in [0.15, 0.2) is 12.1 Å². The van der Waals surface area contributed by atoms with Crippen molar-refractivity contribution in [2.45, 2.75) is 222 Å². The standard InChI is InChI=1S/C54H82O8/c1-37-35-43(22-14-9-17-27-51(5,6)47(55)56)46(45(38(37)2)24-16-12-20-30-54(33-34-54)50(61)62)26-25-42-36-41(21-13-10-19-29-53(31-32-53)49(59)60)39(3)44(40(42)4)23-15-11-18-28-52(7,8)48(57)58/h35-36H,9-34H2,1-8H3,(H,55,56)(H,57,58)(H,59,60)(H,61,62). The van der Waals surface area contributed by atoms with Crippen LogP contribution in [0.25, 0.3) is 0 Å². The Bertz CT molecular complexity index is 1870. The molecule has 346 valence electrons. The number of carboxylic acid groups (broad SMARTS) is 4. The lowest BCUT2D eigenvalue weighted by molar-refractivity contribution is -0.148. The van der Waals surface area contributed by atoms with E-state index >= 15 is 0 Å². The summed E-state index contributed by atoms with van der Waals surface area (Å²) in [4.78, 5) is 47.1. The Balaban J connectivity index is 1.56. The van der Waals surface area contributed by atoms with Gasteiger partial charge in [-0.3, -0.25) is 19.2 Å². The molecule has 0 atom stereocenters. The SMILES string of the molecule is Cc1cc(CCCCCC(C)(C)C(=O)O)c(CCc2cc(CCCCCC3(C(=O)O)CC3)c(C)c(CCCCCC(C)(C)C(=O)O)c2C)c(CCCCCC2(C(=O)O)CC2)c1C. The first-order chi connectivity index (χ1) is 29.2. The molecule has 62 heavy (non-hydrogen) atoms. The summed E-state index contributed by atoms with van der Waals surface area (Å²) in [6, 6.07) is 4.86. The highest BCUT2D eigenvalue weighted by Crippen LogP contribution is 2.51. The van der Waals surface area contributed by atoms with Crippen LogP contribution in [0.3, 0.4) is 0 Å². The van der Waals surface area contributed by atoms with Gasteiger partial charge < -0.3 is 20.4 Å². The summed E-state index contributed by atoms with van der Waals surface area (Å²) in [5.41, 5.74) is 11.6. The molecule has 2 aliphatic rings. The maximum atomic E-state index is 11.8. The Morgan fingerprint density at radius 1 is 0.452 bits per heavy atom. The Morgan fingerprint density at radius 3 is 1.29 bits per heavy atom. The van der Waals surface area contributed by atoms with Gasteiger partial charge in [0.15, 0.2) is 0 Å². The molecule has 2 aromatic carbocycles. The van der Waals surface area contributed by atoms with Gasteiger partial charge in [-0.25, -0.2) is 0 Å². The van der Waals surface area contributed by atoms with E-state index in [0.717, 1.165) is 154 Å². The van der Waals surface area contributed by atoms with E-state index in [1.807, 2.05) is 27.7 Å². The first-order valence-electron chi connectivity index (χ1n) is 24.3. The third-order valence-corrected chi connectivity index (χ3v) is 15.5. The summed E-state index contributed by atoms with van der Waals surface area (Å²) < 4.78 is 0. The van der Waals surface area contributed by atoms with E-state index in [4.69, 9.17) is 0 Å². The van der Waals surface area contributed by atoms with Crippen molar-refractivity contribution in [3.05, 3.63) is 67.8 Å². The van der Waals surface area contributed by atoms with E-state index in [0.29, 0.717) is 12.8 Å². The minimum atomic E-state index is -0.742. The fraction of sp³-hybridized carbons (Fsp3) is 0.704. The van der Waals surface area contributed by atoms with Crippen molar-refractivity contribution in [3.8, 4) is 0 Å². The molecule has 0 bridgehead atoms. The number of rotatable bonds is 31. The molecule has 0 radical (unpaired) electrons. The van der Waals surface area contributed by atoms with Crippen molar-refractivity contribution in [1.82, 2.24) is 0 Å². The van der Waals surface area contributed by atoms with Crippen LogP contribution >= 0.6 is 0 Å². The Hall–Kier alpha value is -3.68. The van der Waals surface area contributed by atoms with Crippen molar-refractivity contribution < 1.29 is 39.6 Å². The normalized spacial score (nSPS) is 15.4. The molecule has 0 heterocycles. The monoisotopic (exact) mass is 859 g/mol. The zero-order valence-corrected chi connectivity index (χ0v) is 40.0. The number of carboxylic acids is 4. The van der Waals surface area contributed by atoms with Crippen LogP contribution in [0.2, 0.25) is 0 Å². The number of aryl methyl sites for hydroxylation is 4. The minimum Gasteiger partial charge on any atom is -0.481 e. The number of unbranched alkanes of at least 4 members (excludes halogenated alkanes) is 8. The highest BCUT2D eigenvalue weighted by atomic mass is 16.4. The molecule has 4 N–H and O–H groups in total. The number of carbonyl (C=O) groups is 4. The van der Waals surface area contributed by atoms with Gasteiger partial charge in [0, 0.05) is 0 Å². The molecule has 8 nitrogen and oxygen atoms in total. The zero-order valence-electron chi connectivity index (χ0n) is 40.0. The highest BCUT2D eigenvalue weighted by molar-refractivity contribution is 5.78. The average Bonchev–Trinajstić information content (AvgIpc) is 4.14. The molecule has 0 aromatic heterocycles. The molecule has 0 aliphatic heterocycles. The average molecular weight is 859 g/mol. The van der Waals surface area contributed by atoms with Crippen molar-refractivity contribution in [3.63, 3.8) is 0 Å². The van der Waals surface area contributed by atoms with Crippen molar-refractivity contribution in [1.29, 1.82) is 0 Å². The summed E-state index contributed by atoms with van der Waals surface area (Å²) in [5.74, 6) is -2.75. The van der Waals surface area contributed by atoms with E-state index < -0.39 is 45.5 Å². The Labute approximate surface area is 374 Å². The summed E-state index contributed by atoms with van der Waals surface area (Å²) in [5, 5.41) is 38.7. The van der Waals surface area contributed by atoms with E-state index in [1.54, 1.807) is 0 Å². The highest BCUT2D eigenvalue weighted by Gasteiger charge is 2.50. The number of hydrogen-bond acceptors (Lipinski definition) is 4. The van der Waals surface area contributed by atoms with Crippen LogP contribution in [0, 0.1) is 49.4 Å². The number of aliphatic carboxylic acids is 4. The smallest absolute Gasteiger partial charge is 0.309 e.